The zero-order chi connectivity index (χ0) is 18.4. The van der Waals surface area contributed by atoms with Crippen LogP contribution in [0.2, 0.25) is 0 Å². The first-order chi connectivity index (χ1) is 12.7. The Balaban J connectivity index is 1.65. The number of amides is 1. The molecule has 3 rings (SSSR count). The molecule has 0 spiro atoms. The summed E-state index contributed by atoms with van der Waals surface area (Å²) in [4.78, 5) is 19.6. The van der Waals surface area contributed by atoms with Crippen LogP contribution in [0, 0.1) is 28.6 Å². The van der Waals surface area contributed by atoms with Gasteiger partial charge in [0.15, 0.2) is 0 Å². The molecule has 1 heterocycles. The van der Waals surface area contributed by atoms with E-state index in [1.165, 1.54) is 0 Å². The summed E-state index contributed by atoms with van der Waals surface area (Å²) >= 11 is 0. The molecule has 2 N–H and O–H groups in total. The molecule has 1 aromatic heterocycles. The first kappa shape index (κ1) is 16.9. The number of hydrogen-bond acceptors (Lipinski definition) is 4. The zero-order valence-electron chi connectivity index (χ0n) is 13.8. The largest absolute Gasteiger partial charge is 0.345 e. The maximum Gasteiger partial charge on any atom is 0.242 e. The summed E-state index contributed by atoms with van der Waals surface area (Å²) in [6.07, 6.45) is 3.70. The Morgan fingerprint density at radius 1 is 1.12 bits per heavy atom. The fourth-order valence-corrected chi connectivity index (χ4v) is 2.51. The Hall–Kier alpha value is -3.90. The van der Waals surface area contributed by atoms with Crippen molar-refractivity contribution in [1.29, 1.82) is 10.5 Å². The van der Waals surface area contributed by atoms with Gasteiger partial charge in [0.05, 0.1) is 17.7 Å². The average molecular weight is 341 g/mol. The molecule has 0 radical (unpaired) electrons. The van der Waals surface area contributed by atoms with Crippen LogP contribution < -0.4 is 5.32 Å². The molecule has 126 valence electrons. The number of nitriles is 2. The van der Waals surface area contributed by atoms with E-state index in [1.54, 1.807) is 48.8 Å². The maximum absolute atomic E-state index is 12.4. The number of aromatic amines is 1. The van der Waals surface area contributed by atoms with E-state index in [0.717, 1.165) is 17.0 Å². The molecular formula is C20H15N5O. The highest BCUT2D eigenvalue weighted by molar-refractivity contribution is 5.94. The van der Waals surface area contributed by atoms with Gasteiger partial charge in [-0.25, -0.2) is 4.98 Å². The van der Waals surface area contributed by atoms with E-state index >= 15 is 0 Å². The van der Waals surface area contributed by atoms with E-state index in [-0.39, 0.29) is 5.91 Å². The lowest BCUT2D eigenvalue weighted by atomic mass is 9.99. The zero-order valence-corrected chi connectivity index (χ0v) is 13.8. The monoisotopic (exact) mass is 341 g/mol. The Labute approximate surface area is 150 Å². The van der Waals surface area contributed by atoms with Crippen molar-refractivity contribution in [2.24, 2.45) is 5.92 Å². The van der Waals surface area contributed by atoms with Gasteiger partial charge in [0.1, 0.15) is 11.7 Å². The van der Waals surface area contributed by atoms with Crippen LogP contribution >= 0.6 is 0 Å². The van der Waals surface area contributed by atoms with Gasteiger partial charge >= 0.3 is 0 Å². The van der Waals surface area contributed by atoms with Gasteiger partial charge in [-0.3, -0.25) is 4.79 Å². The molecule has 0 aliphatic carbocycles. The third-order valence-electron chi connectivity index (χ3n) is 3.92. The minimum absolute atomic E-state index is 0.290. The molecule has 1 amide bonds. The van der Waals surface area contributed by atoms with E-state index in [0.29, 0.717) is 17.7 Å². The lowest BCUT2D eigenvalue weighted by Gasteiger charge is -2.11. The number of aromatic nitrogens is 2. The first-order valence-corrected chi connectivity index (χ1v) is 7.99. The molecule has 0 aliphatic rings. The fraction of sp³-hybridized carbons (Fsp3) is 0.100. The van der Waals surface area contributed by atoms with Gasteiger partial charge in [-0.15, -0.1) is 0 Å². The van der Waals surface area contributed by atoms with Crippen LogP contribution in [0.1, 0.15) is 11.1 Å². The van der Waals surface area contributed by atoms with Crippen LogP contribution in [0.5, 0.6) is 0 Å². The highest BCUT2D eigenvalue weighted by atomic mass is 16.1. The second-order valence-electron chi connectivity index (χ2n) is 5.70. The summed E-state index contributed by atoms with van der Waals surface area (Å²) in [6.45, 7) is 0. The van der Waals surface area contributed by atoms with E-state index in [4.69, 9.17) is 5.26 Å². The second kappa shape index (κ2) is 7.78. The van der Waals surface area contributed by atoms with E-state index in [1.807, 2.05) is 24.3 Å². The topological polar surface area (TPSA) is 105 Å². The van der Waals surface area contributed by atoms with Crippen molar-refractivity contribution in [2.75, 3.05) is 5.32 Å². The van der Waals surface area contributed by atoms with Crippen LogP contribution in [0.3, 0.4) is 0 Å². The van der Waals surface area contributed by atoms with Crippen molar-refractivity contribution in [3.05, 3.63) is 72.1 Å². The number of carbonyl (C=O) groups is 1. The van der Waals surface area contributed by atoms with Gasteiger partial charge in [-0.1, -0.05) is 12.1 Å². The molecule has 1 atom stereocenters. The predicted molar refractivity (Wildman–Crippen MR) is 96.6 cm³/mol. The molecule has 0 saturated carbocycles. The number of benzene rings is 2. The molecule has 26 heavy (non-hydrogen) atoms. The minimum atomic E-state index is -0.812. The molecule has 3 aromatic rings. The van der Waals surface area contributed by atoms with Gasteiger partial charge in [0.2, 0.25) is 5.91 Å². The van der Waals surface area contributed by atoms with Crippen molar-refractivity contribution in [1.82, 2.24) is 9.97 Å². The standard InChI is InChI=1S/C20H15N5O/c21-12-15-3-1-14(2-4-15)11-17(13-22)20(26)25-18-7-5-16(6-8-18)19-23-9-10-24-19/h1-10,17H,11H2,(H,23,24)(H,25,26). The third-order valence-corrected chi connectivity index (χ3v) is 3.92. The summed E-state index contributed by atoms with van der Waals surface area (Å²) in [6, 6.07) is 18.2. The van der Waals surface area contributed by atoms with Crippen LogP contribution in [0.25, 0.3) is 11.4 Å². The Kier molecular flexibility index (Phi) is 5.07. The van der Waals surface area contributed by atoms with E-state index in [9.17, 15) is 10.1 Å². The third kappa shape index (κ3) is 3.95. The summed E-state index contributed by atoms with van der Waals surface area (Å²) in [7, 11) is 0. The normalized spacial score (nSPS) is 11.2. The molecule has 1 unspecified atom stereocenters. The van der Waals surface area contributed by atoms with Gasteiger partial charge in [0.25, 0.3) is 0 Å². The summed E-state index contributed by atoms with van der Waals surface area (Å²) in [5, 5.41) is 20.9. The number of carbonyl (C=O) groups excluding carboxylic acids is 1. The molecule has 0 saturated heterocycles. The minimum Gasteiger partial charge on any atom is -0.345 e. The molecule has 2 aromatic carbocycles. The predicted octanol–water partition coefficient (Wildman–Crippen LogP) is 3.27. The summed E-state index contributed by atoms with van der Waals surface area (Å²) in [5.74, 6) is -0.422. The molecule has 6 nitrogen and oxygen atoms in total. The van der Waals surface area contributed by atoms with Crippen LogP contribution in [-0.2, 0) is 11.2 Å². The fourth-order valence-electron chi connectivity index (χ4n) is 2.51. The second-order valence-corrected chi connectivity index (χ2v) is 5.70. The van der Waals surface area contributed by atoms with Crippen LogP contribution in [-0.4, -0.2) is 15.9 Å². The highest BCUT2D eigenvalue weighted by Gasteiger charge is 2.18. The van der Waals surface area contributed by atoms with Crippen molar-refractivity contribution >= 4 is 11.6 Å². The molecule has 6 heteroatoms. The maximum atomic E-state index is 12.4. The van der Waals surface area contributed by atoms with Gasteiger partial charge in [-0.2, -0.15) is 10.5 Å². The highest BCUT2D eigenvalue weighted by Crippen LogP contribution is 2.19. The number of anilines is 1. The molecule has 0 aliphatic heterocycles. The molecule has 0 bridgehead atoms. The van der Waals surface area contributed by atoms with Crippen molar-refractivity contribution in [2.45, 2.75) is 6.42 Å². The Bertz CT molecular complexity index is 961. The number of rotatable bonds is 5. The smallest absolute Gasteiger partial charge is 0.242 e. The van der Waals surface area contributed by atoms with Gasteiger partial charge in [-0.05, 0) is 48.4 Å². The van der Waals surface area contributed by atoms with Crippen molar-refractivity contribution < 1.29 is 4.79 Å². The molecular weight excluding hydrogens is 326 g/mol. The Morgan fingerprint density at radius 3 is 2.42 bits per heavy atom. The summed E-state index contributed by atoms with van der Waals surface area (Å²) < 4.78 is 0. The van der Waals surface area contributed by atoms with Crippen LogP contribution in [0.4, 0.5) is 5.69 Å². The average Bonchev–Trinajstić information content (AvgIpc) is 3.22. The van der Waals surface area contributed by atoms with E-state index in [2.05, 4.69) is 15.3 Å². The van der Waals surface area contributed by atoms with Crippen molar-refractivity contribution in [3.8, 4) is 23.5 Å². The number of imidazole rings is 1. The Morgan fingerprint density at radius 2 is 1.85 bits per heavy atom. The number of H-pyrrole nitrogens is 1. The van der Waals surface area contributed by atoms with Crippen LogP contribution in [0.15, 0.2) is 60.9 Å². The number of nitrogens with one attached hydrogen (secondary N) is 2. The lowest BCUT2D eigenvalue weighted by Crippen LogP contribution is -2.23. The lowest BCUT2D eigenvalue weighted by molar-refractivity contribution is -0.118. The molecule has 0 fully saturated rings. The number of hydrogen-bond donors (Lipinski definition) is 2. The summed E-state index contributed by atoms with van der Waals surface area (Å²) in [5.41, 5.74) is 2.90. The van der Waals surface area contributed by atoms with Crippen molar-refractivity contribution in [3.63, 3.8) is 0 Å². The van der Waals surface area contributed by atoms with Gasteiger partial charge < -0.3 is 10.3 Å². The SMILES string of the molecule is N#Cc1ccc(CC(C#N)C(=O)Nc2ccc(-c3ncc[nH]3)cc2)cc1. The number of nitrogens with zero attached hydrogens (tertiary/aromatic N) is 3. The van der Waals surface area contributed by atoms with E-state index < -0.39 is 5.92 Å². The quantitative estimate of drug-likeness (QED) is 0.743. The van der Waals surface area contributed by atoms with Gasteiger partial charge in [0, 0.05) is 23.6 Å². The first-order valence-electron chi connectivity index (χ1n) is 7.99.